The minimum atomic E-state index is -1.09. The van der Waals surface area contributed by atoms with Crippen LogP contribution in [0, 0.1) is 19.3 Å². The average molecular weight is 347 g/mol. The Morgan fingerprint density at radius 3 is 2.81 bits per heavy atom. The molecule has 2 N–H and O–H groups in total. The number of anilines is 1. The van der Waals surface area contributed by atoms with Crippen molar-refractivity contribution in [3.63, 3.8) is 0 Å². The van der Waals surface area contributed by atoms with Crippen molar-refractivity contribution >= 4 is 23.6 Å². The van der Waals surface area contributed by atoms with Crippen molar-refractivity contribution in [3.8, 4) is 18.1 Å². The second-order valence-electron chi connectivity index (χ2n) is 5.96. The van der Waals surface area contributed by atoms with Crippen LogP contribution in [0.5, 0.6) is 5.75 Å². The lowest BCUT2D eigenvalue weighted by molar-refractivity contribution is -0.112. The molecule has 0 fully saturated rings. The Bertz CT molecular complexity index is 966. The van der Waals surface area contributed by atoms with E-state index in [-0.39, 0.29) is 23.8 Å². The molecule has 1 aliphatic rings. The van der Waals surface area contributed by atoms with Crippen LogP contribution in [0.1, 0.15) is 27.0 Å². The molecule has 0 bridgehead atoms. The summed E-state index contributed by atoms with van der Waals surface area (Å²) in [4.78, 5) is 23.8. The molecule has 0 saturated carbocycles. The van der Waals surface area contributed by atoms with Gasteiger partial charge < -0.3 is 15.2 Å². The molecule has 0 heterocycles. The molecule has 1 amide bonds. The maximum Gasteiger partial charge on any atom is 0.337 e. The fourth-order valence-corrected chi connectivity index (χ4v) is 2.90. The van der Waals surface area contributed by atoms with Crippen LogP contribution in [0.2, 0.25) is 0 Å². The summed E-state index contributed by atoms with van der Waals surface area (Å²) in [6.07, 6.45) is 7.49. The number of carbonyl (C=O) groups excluding carboxylic acids is 1. The summed E-state index contributed by atoms with van der Waals surface area (Å²) in [5.41, 5.74) is 3.76. The number of hydrogen-bond donors (Lipinski definition) is 2. The van der Waals surface area contributed by atoms with E-state index in [9.17, 15) is 14.7 Å². The van der Waals surface area contributed by atoms with Crippen molar-refractivity contribution in [2.24, 2.45) is 0 Å². The predicted molar refractivity (Wildman–Crippen MR) is 99.2 cm³/mol. The molecule has 2 aromatic rings. The van der Waals surface area contributed by atoms with Crippen LogP contribution in [-0.4, -0.2) is 23.6 Å². The monoisotopic (exact) mass is 347 g/mol. The molecular formula is C21H17NO4. The zero-order valence-corrected chi connectivity index (χ0v) is 14.2. The van der Waals surface area contributed by atoms with Crippen LogP contribution in [0.3, 0.4) is 0 Å². The normalized spacial score (nSPS) is 11.9. The number of carboxylic acids is 1. The number of carboxylic acid groups (broad SMARTS) is 1. The summed E-state index contributed by atoms with van der Waals surface area (Å²) in [7, 11) is 0. The number of benzene rings is 2. The number of para-hydroxylation sites is 1. The maximum atomic E-state index is 12.6. The number of hydrogen-bond acceptors (Lipinski definition) is 3. The fraction of sp³-hybridized carbons (Fsp3) is 0.143. The Morgan fingerprint density at radius 2 is 2.08 bits per heavy atom. The number of rotatable bonds is 5. The topological polar surface area (TPSA) is 75.6 Å². The number of fused-ring (bicyclic) bond motifs is 1. The molecule has 0 aromatic heterocycles. The minimum Gasteiger partial charge on any atom is -0.481 e. The standard InChI is InChI=1S/C21H17NO4/c1-3-8-26-19-12-15-11-16(10-14(15)9-13(19)2)20(23)22-18-7-5-4-6-17(18)21(24)25/h1,4-7,9,11-12H,8,10H2,2H3,(H,22,23)(H,24,25). The summed E-state index contributed by atoms with van der Waals surface area (Å²) in [6, 6.07) is 10.2. The number of aromatic carboxylic acids is 1. The molecule has 26 heavy (non-hydrogen) atoms. The number of ether oxygens (including phenoxy) is 1. The molecule has 3 rings (SSSR count). The molecule has 0 unspecified atom stereocenters. The highest BCUT2D eigenvalue weighted by atomic mass is 16.5. The Labute approximate surface area is 151 Å². The number of terminal acetylenes is 1. The van der Waals surface area contributed by atoms with Crippen LogP contribution in [0.15, 0.2) is 42.0 Å². The highest BCUT2D eigenvalue weighted by Gasteiger charge is 2.21. The number of carbonyl (C=O) groups is 2. The van der Waals surface area contributed by atoms with Gasteiger partial charge in [0.2, 0.25) is 0 Å². The van der Waals surface area contributed by atoms with Crippen molar-refractivity contribution in [3.05, 3.63) is 64.2 Å². The molecule has 0 atom stereocenters. The van der Waals surface area contributed by atoms with Crippen LogP contribution in [-0.2, 0) is 11.2 Å². The first-order valence-electron chi connectivity index (χ1n) is 8.03. The highest BCUT2D eigenvalue weighted by molar-refractivity contribution is 6.10. The molecule has 130 valence electrons. The van der Waals surface area contributed by atoms with Crippen molar-refractivity contribution in [2.75, 3.05) is 11.9 Å². The Hall–Kier alpha value is -3.52. The Morgan fingerprint density at radius 1 is 1.31 bits per heavy atom. The summed E-state index contributed by atoms with van der Waals surface area (Å²) in [5.74, 6) is 1.71. The smallest absolute Gasteiger partial charge is 0.337 e. The van der Waals surface area contributed by atoms with E-state index in [1.54, 1.807) is 24.3 Å². The SMILES string of the molecule is C#CCOc1cc2c(cc1C)CC(C(=O)Nc1ccccc1C(=O)O)=C2. The molecule has 0 spiro atoms. The van der Waals surface area contributed by atoms with Gasteiger partial charge in [-0.1, -0.05) is 24.1 Å². The van der Waals surface area contributed by atoms with Gasteiger partial charge in [0.1, 0.15) is 12.4 Å². The van der Waals surface area contributed by atoms with E-state index in [1.807, 2.05) is 19.1 Å². The number of amides is 1. The van der Waals surface area contributed by atoms with Gasteiger partial charge in [0, 0.05) is 12.0 Å². The van der Waals surface area contributed by atoms with Gasteiger partial charge in [-0.05, 0) is 47.9 Å². The summed E-state index contributed by atoms with van der Waals surface area (Å²) < 4.78 is 5.51. The Balaban J connectivity index is 1.81. The second kappa shape index (κ2) is 7.16. The number of nitrogens with one attached hydrogen (secondary N) is 1. The van der Waals surface area contributed by atoms with Crippen LogP contribution in [0.4, 0.5) is 5.69 Å². The van der Waals surface area contributed by atoms with Crippen molar-refractivity contribution in [1.82, 2.24) is 0 Å². The Kier molecular flexibility index (Phi) is 4.76. The predicted octanol–water partition coefficient (Wildman–Crippen LogP) is 3.28. The van der Waals surface area contributed by atoms with Gasteiger partial charge in [0.15, 0.2) is 0 Å². The molecular weight excluding hydrogens is 330 g/mol. The van der Waals surface area contributed by atoms with Gasteiger partial charge in [0.05, 0.1) is 11.3 Å². The van der Waals surface area contributed by atoms with Gasteiger partial charge >= 0.3 is 5.97 Å². The highest BCUT2D eigenvalue weighted by Crippen LogP contribution is 2.32. The van der Waals surface area contributed by atoms with E-state index >= 15 is 0 Å². The van der Waals surface area contributed by atoms with Gasteiger partial charge in [-0.2, -0.15) is 0 Å². The molecule has 5 heteroatoms. The van der Waals surface area contributed by atoms with E-state index < -0.39 is 5.97 Å². The van der Waals surface area contributed by atoms with Crippen molar-refractivity contribution in [1.29, 1.82) is 0 Å². The zero-order chi connectivity index (χ0) is 18.7. The minimum absolute atomic E-state index is 0.0535. The zero-order valence-electron chi connectivity index (χ0n) is 14.2. The molecule has 0 radical (unpaired) electrons. The van der Waals surface area contributed by atoms with E-state index in [0.717, 1.165) is 16.7 Å². The molecule has 2 aromatic carbocycles. The molecule has 0 aliphatic heterocycles. The lowest BCUT2D eigenvalue weighted by atomic mass is 10.0. The van der Waals surface area contributed by atoms with E-state index in [1.165, 1.54) is 6.07 Å². The molecule has 1 aliphatic carbocycles. The quantitative estimate of drug-likeness (QED) is 0.814. The summed E-state index contributed by atoms with van der Waals surface area (Å²) in [6.45, 7) is 2.11. The lowest BCUT2D eigenvalue weighted by Gasteiger charge is -2.09. The van der Waals surface area contributed by atoms with Crippen molar-refractivity contribution in [2.45, 2.75) is 13.3 Å². The van der Waals surface area contributed by atoms with Crippen LogP contribution >= 0.6 is 0 Å². The van der Waals surface area contributed by atoms with E-state index in [2.05, 4.69) is 11.2 Å². The van der Waals surface area contributed by atoms with E-state index in [4.69, 9.17) is 11.2 Å². The van der Waals surface area contributed by atoms with Crippen LogP contribution in [0.25, 0.3) is 6.08 Å². The second-order valence-corrected chi connectivity index (χ2v) is 5.96. The van der Waals surface area contributed by atoms with Gasteiger partial charge in [-0.3, -0.25) is 4.79 Å². The number of aryl methyl sites for hydroxylation is 1. The third-order valence-corrected chi connectivity index (χ3v) is 4.16. The third kappa shape index (κ3) is 3.45. The fourth-order valence-electron chi connectivity index (χ4n) is 2.90. The van der Waals surface area contributed by atoms with Gasteiger partial charge in [-0.25, -0.2) is 4.79 Å². The van der Waals surface area contributed by atoms with E-state index in [0.29, 0.717) is 17.7 Å². The largest absolute Gasteiger partial charge is 0.481 e. The lowest BCUT2D eigenvalue weighted by Crippen LogP contribution is -2.16. The first-order chi connectivity index (χ1) is 12.5. The van der Waals surface area contributed by atoms with Gasteiger partial charge in [-0.15, -0.1) is 6.42 Å². The first-order valence-corrected chi connectivity index (χ1v) is 8.03. The molecule has 0 saturated heterocycles. The molecule has 5 nitrogen and oxygen atoms in total. The van der Waals surface area contributed by atoms with Crippen molar-refractivity contribution < 1.29 is 19.4 Å². The average Bonchev–Trinajstić information content (AvgIpc) is 3.02. The third-order valence-electron chi connectivity index (χ3n) is 4.16. The summed E-state index contributed by atoms with van der Waals surface area (Å²) in [5, 5.41) is 11.9. The van der Waals surface area contributed by atoms with Gasteiger partial charge in [0.25, 0.3) is 5.91 Å². The van der Waals surface area contributed by atoms with Crippen LogP contribution < -0.4 is 10.1 Å². The maximum absolute atomic E-state index is 12.6. The first kappa shape index (κ1) is 17.3. The summed E-state index contributed by atoms with van der Waals surface area (Å²) >= 11 is 0.